The van der Waals surface area contributed by atoms with E-state index in [1.807, 2.05) is 24.3 Å². The summed E-state index contributed by atoms with van der Waals surface area (Å²) in [6, 6.07) is 9.31. The van der Waals surface area contributed by atoms with Crippen molar-refractivity contribution in [2.24, 2.45) is 0 Å². The fraction of sp³-hybridized carbons (Fsp3) is 0.312. The molecule has 118 valence electrons. The lowest BCUT2D eigenvalue weighted by molar-refractivity contribution is -0.145. The van der Waals surface area contributed by atoms with E-state index in [4.69, 9.17) is 9.47 Å². The summed E-state index contributed by atoms with van der Waals surface area (Å²) in [7, 11) is 0. The summed E-state index contributed by atoms with van der Waals surface area (Å²) >= 11 is 0. The van der Waals surface area contributed by atoms with Crippen LogP contribution in [0.5, 0.6) is 11.5 Å². The minimum absolute atomic E-state index is 0.0495. The number of nitrogens with zero attached hydrogens (tertiary/aromatic N) is 3. The number of amides is 1. The SMILES string of the molecule is O=C(C1COc2ccccc2O1)N1CC(Nc2ncccn2)C1. The van der Waals surface area contributed by atoms with Gasteiger partial charge in [0.1, 0.15) is 6.61 Å². The van der Waals surface area contributed by atoms with Crippen molar-refractivity contribution in [1.82, 2.24) is 14.9 Å². The number of anilines is 1. The maximum atomic E-state index is 12.5. The summed E-state index contributed by atoms with van der Waals surface area (Å²) in [6.45, 7) is 1.46. The van der Waals surface area contributed by atoms with Crippen LogP contribution in [0.1, 0.15) is 0 Å². The first-order chi connectivity index (χ1) is 11.3. The Hall–Kier alpha value is -2.83. The molecule has 2 aliphatic rings. The van der Waals surface area contributed by atoms with Crippen LogP contribution in [0, 0.1) is 0 Å². The average molecular weight is 312 g/mol. The molecule has 1 aromatic heterocycles. The van der Waals surface area contributed by atoms with Crippen LogP contribution in [0.25, 0.3) is 0 Å². The number of carbonyl (C=O) groups excluding carboxylic acids is 1. The molecule has 4 rings (SSSR count). The van der Waals surface area contributed by atoms with E-state index in [0.717, 1.165) is 0 Å². The van der Waals surface area contributed by atoms with Gasteiger partial charge in [-0.05, 0) is 18.2 Å². The lowest BCUT2D eigenvalue weighted by Crippen LogP contribution is -2.61. The van der Waals surface area contributed by atoms with Crippen LogP contribution in [-0.4, -0.2) is 52.6 Å². The second-order valence-corrected chi connectivity index (χ2v) is 5.52. The van der Waals surface area contributed by atoms with Gasteiger partial charge in [0.25, 0.3) is 5.91 Å². The molecule has 1 fully saturated rings. The Morgan fingerprint density at radius 3 is 2.65 bits per heavy atom. The summed E-state index contributed by atoms with van der Waals surface area (Å²) in [6.07, 6.45) is 2.78. The highest BCUT2D eigenvalue weighted by Gasteiger charge is 2.37. The summed E-state index contributed by atoms with van der Waals surface area (Å²) in [5.41, 5.74) is 0. The Bertz CT molecular complexity index is 703. The standard InChI is InChI=1S/C16H16N4O3/c21-15(14-10-22-12-4-1-2-5-13(12)23-14)20-8-11(9-20)19-16-17-6-3-7-18-16/h1-7,11,14H,8-10H2,(H,17,18,19). The number of hydrogen-bond donors (Lipinski definition) is 1. The summed E-state index contributed by atoms with van der Waals surface area (Å²) in [5.74, 6) is 1.83. The first-order valence-electron chi connectivity index (χ1n) is 7.50. The number of para-hydroxylation sites is 2. The van der Waals surface area contributed by atoms with E-state index in [1.54, 1.807) is 23.4 Å². The largest absolute Gasteiger partial charge is 0.485 e. The van der Waals surface area contributed by atoms with Gasteiger partial charge in [-0.2, -0.15) is 0 Å². The smallest absolute Gasteiger partial charge is 0.267 e. The molecule has 0 aliphatic carbocycles. The van der Waals surface area contributed by atoms with Crippen molar-refractivity contribution in [2.45, 2.75) is 12.1 Å². The van der Waals surface area contributed by atoms with Gasteiger partial charge < -0.3 is 19.7 Å². The molecule has 1 aromatic carbocycles. The van der Waals surface area contributed by atoms with Crippen LogP contribution < -0.4 is 14.8 Å². The molecule has 3 heterocycles. The zero-order chi connectivity index (χ0) is 15.6. The van der Waals surface area contributed by atoms with Crippen molar-refractivity contribution >= 4 is 11.9 Å². The van der Waals surface area contributed by atoms with Crippen molar-refractivity contribution in [2.75, 3.05) is 25.0 Å². The van der Waals surface area contributed by atoms with Crippen LogP contribution in [0.4, 0.5) is 5.95 Å². The fourth-order valence-corrected chi connectivity index (χ4v) is 2.65. The van der Waals surface area contributed by atoms with Crippen LogP contribution in [-0.2, 0) is 4.79 Å². The molecule has 7 heteroatoms. The van der Waals surface area contributed by atoms with Crippen molar-refractivity contribution < 1.29 is 14.3 Å². The monoisotopic (exact) mass is 312 g/mol. The number of benzene rings is 1. The Balaban J connectivity index is 1.32. The minimum Gasteiger partial charge on any atom is -0.485 e. The number of aromatic nitrogens is 2. The topological polar surface area (TPSA) is 76.6 Å². The Morgan fingerprint density at radius 2 is 1.87 bits per heavy atom. The molecule has 1 unspecified atom stereocenters. The molecule has 0 saturated carbocycles. The maximum Gasteiger partial charge on any atom is 0.267 e. The zero-order valence-corrected chi connectivity index (χ0v) is 12.4. The molecule has 7 nitrogen and oxygen atoms in total. The first-order valence-corrected chi connectivity index (χ1v) is 7.50. The lowest BCUT2D eigenvalue weighted by Gasteiger charge is -2.41. The predicted octanol–water partition coefficient (Wildman–Crippen LogP) is 0.939. The number of likely N-dealkylation sites (tertiary alicyclic amines) is 1. The van der Waals surface area contributed by atoms with Gasteiger partial charge in [0, 0.05) is 25.5 Å². The Labute approximate surface area is 133 Å². The van der Waals surface area contributed by atoms with Crippen LogP contribution in [0.15, 0.2) is 42.7 Å². The number of ether oxygens (including phenoxy) is 2. The number of fused-ring (bicyclic) bond motifs is 1. The number of rotatable bonds is 3. The molecule has 1 saturated heterocycles. The normalized spacial score (nSPS) is 19.8. The van der Waals surface area contributed by atoms with Crippen LogP contribution in [0.2, 0.25) is 0 Å². The van der Waals surface area contributed by atoms with E-state index >= 15 is 0 Å². The number of carbonyl (C=O) groups is 1. The lowest BCUT2D eigenvalue weighted by atomic mass is 10.1. The van der Waals surface area contributed by atoms with E-state index < -0.39 is 6.10 Å². The van der Waals surface area contributed by atoms with Gasteiger partial charge in [-0.15, -0.1) is 0 Å². The van der Waals surface area contributed by atoms with Crippen molar-refractivity contribution in [3.63, 3.8) is 0 Å². The third-order valence-electron chi connectivity index (χ3n) is 3.88. The fourth-order valence-electron chi connectivity index (χ4n) is 2.65. The molecule has 1 amide bonds. The molecular weight excluding hydrogens is 296 g/mol. The van der Waals surface area contributed by atoms with Crippen molar-refractivity contribution in [3.05, 3.63) is 42.7 Å². The number of nitrogens with one attached hydrogen (secondary N) is 1. The van der Waals surface area contributed by atoms with E-state index in [0.29, 0.717) is 30.5 Å². The zero-order valence-electron chi connectivity index (χ0n) is 12.4. The average Bonchev–Trinajstić information content (AvgIpc) is 2.57. The molecule has 0 spiro atoms. The highest BCUT2D eigenvalue weighted by molar-refractivity contribution is 5.83. The molecule has 23 heavy (non-hydrogen) atoms. The van der Waals surface area contributed by atoms with Crippen LogP contribution >= 0.6 is 0 Å². The summed E-state index contributed by atoms with van der Waals surface area (Å²) < 4.78 is 11.3. The Kier molecular flexibility index (Phi) is 3.45. The van der Waals surface area contributed by atoms with Gasteiger partial charge in [0.15, 0.2) is 11.5 Å². The Morgan fingerprint density at radius 1 is 1.13 bits per heavy atom. The second kappa shape index (κ2) is 5.75. The summed E-state index contributed by atoms with van der Waals surface area (Å²) in [4.78, 5) is 22.4. The summed E-state index contributed by atoms with van der Waals surface area (Å²) in [5, 5.41) is 3.19. The molecule has 1 atom stereocenters. The van der Waals surface area contributed by atoms with Gasteiger partial charge in [-0.3, -0.25) is 4.79 Å². The molecule has 0 radical (unpaired) electrons. The van der Waals surface area contributed by atoms with Gasteiger partial charge in [0.05, 0.1) is 6.04 Å². The van der Waals surface area contributed by atoms with Gasteiger partial charge >= 0.3 is 0 Å². The predicted molar refractivity (Wildman–Crippen MR) is 82.4 cm³/mol. The quantitative estimate of drug-likeness (QED) is 0.909. The second-order valence-electron chi connectivity index (χ2n) is 5.52. The van der Waals surface area contributed by atoms with Gasteiger partial charge in [-0.25, -0.2) is 9.97 Å². The molecule has 0 bridgehead atoms. The molecule has 1 N–H and O–H groups in total. The third kappa shape index (κ3) is 2.77. The number of hydrogen-bond acceptors (Lipinski definition) is 6. The molecule has 2 aromatic rings. The van der Waals surface area contributed by atoms with Gasteiger partial charge in [-0.1, -0.05) is 12.1 Å². The molecular formula is C16H16N4O3. The first kappa shape index (κ1) is 13.8. The maximum absolute atomic E-state index is 12.5. The highest BCUT2D eigenvalue weighted by Crippen LogP contribution is 2.31. The van der Waals surface area contributed by atoms with Gasteiger partial charge in [0.2, 0.25) is 12.1 Å². The van der Waals surface area contributed by atoms with Crippen molar-refractivity contribution in [1.29, 1.82) is 0 Å². The van der Waals surface area contributed by atoms with E-state index in [1.165, 1.54) is 0 Å². The van der Waals surface area contributed by atoms with E-state index in [-0.39, 0.29) is 18.6 Å². The molecule has 2 aliphatic heterocycles. The minimum atomic E-state index is -0.584. The van der Waals surface area contributed by atoms with E-state index in [9.17, 15) is 4.79 Å². The van der Waals surface area contributed by atoms with E-state index in [2.05, 4.69) is 15.3 Å². The van der Waals surface area contributed by atoms with Crippen LogP contribution in [0.3, 0.4) is 0 Å². The highest BCUT2D eigenvalue weighted by atomic mass is 16.6. The van der Waals surface area contributed by atoms with Crippen molar-refractivity contribution in [3.8, 4) is 11.5 Å². The third-order valence-corrected chi connectivity index (χ3v) is 3.88.